The third-order valence-electron chi connectivity index (χ3n) is 7.64. The first kappa shape index (κ1) is 25.0. The summed E-state index contributed by atoms with van der Waals surface area (Å²) in [6, 6.07) is 18.4. The Hall–Kier alpha value is -4.30. The van der Waals surface area contributed by atoms with Crippen LogP contribution in [-0.4, -0.2) is 47.9 Å². The van der Waals surface area contributed by atoms with E-state index in [0.29, 0.717) is 30.5 Å². The molecule has 6 rings (SSSR count). The van der Waals surface area contributed by atoms with Crippen LogP contribution in [0.4, 0.5) is 5.82 Å². The predicted octanol–water partition coefficient (Wildman–Crippen LogP) is 4.91. The fourth-order valence-corrected chi connectivity index (χ4v) is 5.91. The first-order valence-electron chi connectivity index (χ1n) is 13.0. The fourth-order valence-electron chi connectivity index (χ4n) is 5.91. The molecule has 0 bridgehead atoms. The Labute approximate surface area is 226 Å². The van der Waals surface area contributed by atoms with Crippen LogP contribution in [0.5, 0.6) is 5.75 Å². The van der Waals surface area contributed by atoms with Crippen LogP contribution in [0.15, 0.2) is 78.1 Å². The fraction of sp³-hybridized carbons (Fsp3) is 0.290. The maximum absolute atomic E-state index is 13.7. The van der Waals surface area contributed by atoms with Crippen molar-refractivity contribution in [3.05, 3.63) is 100 Å². The largest absolute Gasteiger partial charge is 0.497 e. The zero-order valence-corrected chi connectivity index (χ0v) is 22.1. The number of methoxy groups -OCH3 is 1. The summed E-state index contributed by atoms with van der Waals surface area (Å²) in [5, 5.41) is 0.833. The molecule has 0 saturated carbocycles. The topological polar surface area (TPSA) is 89.0 Å². The molecule has 8 heteroatoms. The number of amides is 2. The Morgan fingerprint density at radius 3 is 2.28 bits per heavy atom. The van der Waals surface area contributed by atoms with Gasteiger partial charge in [0.2, 0.25) is 0 Å². The number of ketones is 1. The van der Waals surface area contributed by atoms with Gasteiger partial charge in [0, 0.05) is 35.4 Å². The predicted molar refractivity (Wildman–Crippen MR) is 144 cm³/mol. The summed E-state index contributed by atoms with van der Waals surface area (Å²) in [5.41, 5.74) is 4.03. The van der Waals surface area contributed by atoms with E-state index in [0.717, 1.165) is 39.0 Å². The number of anilines is 1. The molecule has 3 heterocycles. The van der Waals surface area contributed by atoms with Crippen molar-refractivity contribution in [3.63, 3.8) is 0 Å². The number of carbonyl (C=O) groups excluding carboxylic acids is 3. The molecule has 1 atom stereocenters. The Morgan fingerprint density at radius 1 is 0.923 bits per heavy atom. The molecule has 1 aromatic heterocycles. The van der Waals surface area contributed by atoms with Gasteiger partial charge in [0.25, 0.3) is 11.8 Å². The van der Waals surface area contributed by atoms with Gasteiger partial charge in [-0.3, -0.25) is 19.2 Å². The van der Waals surface area contributed by atoms with E-state index in [-0.39, 0.29) is 23.7 Å². The van der Waals surface area contributed by atoms with Crippen LogP contribution >= 0.6 is 0 Å². The number of aromatic nitrogens is 1. The molecule has 2 aromatic carbocycles. The van der Waals surface area contributed by atoms with Crippen molar-refractivity contribution in [2.24, 2.45) is 5.41 Å². The maximum Gasteiger partial charge on any atom is 0.285 e. The summed E-state index contributed by atoms with van der Waals surface area (Å²) in [4.78, 5) is 51.8. The van der Waals surface area contributed by atoms with Gasteiger partial charge in [0.15, 0.2) is 5.78 Å². The van der Waals surface area contributed by atoms with Gasteiger partial charge in [-0.2, -0.15) is 0 Å². The van der Waals surface area contributed by atoms with Crippen LogP contribution < -0.4 is 9.64 Å². The zero-order valence-electron chi connectivity index (χ0n) is 22.1. The Kier molecular flexibility index (Phi) is 6.07. The van der Waals surface area contributed by atoms with Crippen LogP contribution in [0.3, 0.4) is 0 Å². The lowest BCUT2D eigenvalue weighted by Crippen LogP contribution is -2.42. The van der Waals surface area contributed by atoms with Gasteiger partial charge in [0.1, 0.15) is 11.6 Å². The van der Waals surface area contributed by atoms with Crippen LogP contribution in [0, 0.1) is 5.41 Å². The van der Waals surface area contributed by atoms with Gasteiger partial charge in [-0.1, -0.05) is 44.2 Å². The summed E-state index contributed by atoms with van der Waals surface area (Å²) in [6.07, 6.45) is 2.88. The lowest BCUT2D eigenvalue weighted by Gasteiger charge is -2.44. The molecule has 8 nitrogen and oxygen atoms in total. The Morgan fingerprint density at radius 2 is 1.62 bits per heavy atom. The van der Waals surface area contributed by atoms with Crippen LogP contribution in [0.1, 0.15) is 64.4 Å². The van der Waals surface area contributed by atoms with Crippen molar-refractivity contribution >= 4 is 23.4 Å². The highest BCUT2D eigenvalue weighted by atomic mass is 16.7. The minimum atomic E-state index is -0.471. The van der Waals surface area contributed by atoms with Gasteiger partial charge in [-0.05, 0) is 47.7 Å². The highest BCUT2D eigenvalue weighted by Gasteiger charge is 2.44. The number of ether oxygens (including phenoxy) is 1. The third kappa shape index (κ3) is 4.21. The molecule has 1 aliphatic carbocycles. The molecule has 0 saturated heterocycles. The summed E-state index contributed by atoms with van der Waals surface area (Å²) in [6.45, 7) is 4.56. The van der Waals surface area contributed by atoms with E-state index >= 15 is 0 Å². The molecule has 3 aliphatic rings. The lowest BCUT2D eigenvalue weighted by atomic mass is 9.68. The molecule has 3 aromatic rings. The highest BCUT2D eigenvalue weighted by molar-refractivity contribution is 6.20. The molecule has 198 valence electrons. The van der Waals surface area contributed by atoms with Crippen molar-refractivity contribution in [1.29, 1.82) is 0 Å². The number of hydrogen-bond donors (Lipinski definition) is 0. The van der Waals surface area contributed by atoms with E-state index in [1.54, 1.807) is 37.6 Å². The maximum atomic E-state index is 13.7. The smallest absolute Gasteiger partial charge is 0.285 e. The van der Waals surface area contributed by atoms with Gasteiger partial charge in [-0.15, -0.1) is 5.06 Å². The van der Waals surface area contributed by atoms with Crippen LogP contribution in [0.25, 0.3) is 0 Å². The van der Waals surface area contributed by atoms with Gasteiger partial charge in [0.05, 0.1) is 31.4 Å². The minimum absolute atomic E-state index is 0.0556. The normalized spacial score (nSPS) is 19.7. The van der Waals surface area contributed by atoms with Gasteiger partial charge in [-0.25, -0.2) is 4.98 Å². The monoisotopic (exact) mass is 523 g/mol. The van der Waals surface area contributed by atoms with Gasteiger partial charge >= 0.3 is 0 Å². The summed E-state index contributed by atoms with van der Waals surface area (Å²) in [5.74, 6) is 0.406. The molecule has 1 unspecified atom stereocenters. The standard InChI is InChI=1S/C31H29N3O5/c1-31(2)17-24-27(25(35)18-31)26(19-10-12-20(38-3)13-11-19)23-9-6-14-32-28(23)33(24)15-16-39-34-29(36)21-7-4-5-8-22(21)30(34)37/h4-14,26H,15-18H2,1-3H3. The van der Waals surface area contributed by atoms with E-state index in [1.807, 2.05) is 41.3 Å². The first-order chi connectivity index (χ1) is 18.8. The van der Waals surface area contributed by atoms with E-state index in [9.17, 15) is 14.4 Å². The van der Waals surface area contributed by atoms with Crippen molar-refractivity contribution in [2.75, 3.05) is 25.2 Å². The van der Waals surface area contributed by atoms with Crippen molar-refractivity contribution in [2.45, 2.75) is 32.6 Å². The first-order valence-corrected chi connectivity index (χ1v) is 13.0. The van der Waals surface area contributed by atoms with E-state index in [4.69, 9.17) is 14.6 Å². The number of allylic oxidation sites excluding steroid dienone is 2. The summed E-state index contributed by atoms with van der Waals surface area (Å²) < 4.78 is 5.35. The second kappa shape index (κ2) is 9.47. The molecule has 0 N–H and O–H groups in total. The van der Waals surface area contributed by atoms with Crippen molar-refractivity contribution in [3.8, 4) is 5.75 Å². The Bertz CT molecular complexity index is 1490. The van der Waals surface area contributed by atoms with Crippen LogP contribution in [-0.2, 0) is 9.63 Å². The second-order valence-electron chi connectivity index (χ2n) is 10.9. The lowest BCUT2D eigenvalue weighted by molar-refractivity contribution is -0.118. The number of Topliss-reactive ketones (excluding diaryl/α,β-unsaturated/α-hetero) is 1. The van der Waals surface area contributed by atoms with Crippen molar-refractivity contribution < 1.29 is 24.0 Å². The third-order valence-corrected chi connectivity index (χ3v) is 7.64. The number of hydrogen-bond acceptors (Lipinski definition) is 7. The SMILES string of the molecule is COc1ccc(C2C3=C(CC(C)(C)CC3=O)N(CCON3C(=O)c4ccccc4C3=O)c3ncccc32)cc1. The zero-order chi connectivity index (χ0) is 27.3. The number of rotatable bonds is 6. The molecule has 0 fully saturated rings. The average Bonchev–Trinajstić information content (AvgIpc) is 3.17. The molecule has 2 amide bonds. The minimum Gasteiger partial charge on any atom is -0.497 e. The second-order valence-corrected chi connectivity index (χ2v) is 10.9. The molecule has 0 radical (unpaired) electrons. The Balaban J connectivity index is 1.35. The molecular weight excluding hydrogens is 494 g/mol. The molecule has 0 spiro atoms. The van der Waals surface area contributed by atoms with Crippen molar-refractivity contribution in [1.82, 2.24) is 10.0 Å². The summed E-state index contributed by atoms with van der Waals surface area (Å²) in [7, 11) is 1.63. The van der Waals surface area contributed by atoms with E-state index < -0.39 is 11.8 Å². The number of nitrogens with zero attached hydrogens (tertiary/aromatic N) is 3. The van der Waals surface area contributed by atoms with E-state index in [1.165, 1.54) is 0 Å². The number of carbonyl (C=O) groups is 3. The number of benzene rings is 2. The number of imide groups is 1. The number of fused-ring (bicyclic) bond motifs is 2. The van der Waals surface area contributed by atoms with Crippen LogP contribution in [0.2, 0.25) is 0 Å². The number of hydroxylamine groups is 2. The highest BCUT2D eigenvalue weighted by Crippen LogP contribution is 2.50. The molecular formula is C31H29N3O5. The quantitative estimate of drug-likeness (QED) is 0.424. The molecule has 2 aliphatic heterocycles. The van der Waals surface area contributed by atoms with Gasteiger partial charge < -0.3 is 9.64 Å². The average molecular weight is 524 g/mol. The summed E-state index contributed by atoms with van der Waals surface area (Å²) >= 11 is 0. The number of pyridine rings is 1. The molecule has 39 heavy (non-hydrogen) atoms. The van der Waals surface area contributed by atoms with E-state index in [2.05, 4.69) is 13.8 Å².